The lowest BCUT2D eigenvalue weighted by Gasteiger charge is -2.03. The molecule has 3 aromatic rings. The number of unbranched alkanes of at least 4 members (excludes halogenated alkanes) is 22. The van der Waals surface area contributed by atoms with Crippen LogP contribution >= 0.6 is 0 Å². The molecule has 0 saturated heterocycles. The Morgan fingerprint density at radius 1 is 0.413 bits per heavy atom. The number of benzene rings is 1. The second kappa shape index (κ2) is 30.1. The van der Waals surface area contributed by atoms with Crippen LogP contribution in [0.25, 0.3) is 10.8 Å². The first kappa shape index (κ1) is 39.9. The summed E-state index contributed by atoms with van der Waals surface area (Å²) in [6, 6.07) is 16.9. The largest absolute Gasteiger partial charge is 0.323 e. The molecule has 0 aliphatic heterocycles. The van der Waals surface area contributed by atoms with Crippen LogP contribution in [0.3, 0.4) is 0 Å². The Morgan fingerprint density at radius 2 is 0.870 bits per heavy atom. The number of aromatic nitrogens is 2. The van der Waals surface area contributed by atoms with Crippen LogP contribution in [0.5, 0.6) is 0 Å². The topological polar surface area (TPSA) is 17.0 Å². The number of hydrogen-bond donors (Lipinski definition) is 0. The number of nitrogens with zero attached hydrogens (tertiary/aromatic N) is 2. The monoisotopic (exact) mass is 633 g/mol. The van der Waals surface area contributed by atoms with Crippen molar-refractivity contribution in [3.8, 4) is 0 Å². The highest BCUT2D eigenvalue weighted by molar-refractivity contribution is 5.80. The van der Waals surface area contributed by atoms with E-state index in [0.717, 1.165) is 13.2 Å². The zero-order valence-corrected chi connectivity index (χ0v) is 30.3. The molecule has 0 amide bonds. The second-order valence-corrected chi connectivity index (χ2v) is 13.5. The van der Waals surface area contributed by atoms with Gasteiger partial charge in [0, 0.05) is 30.0 Å². The first-order chi connectivity index (χ1) is 22.8. The third kappa shape index (κ3) is 22.3. The number of ether oxygens (including phenoxy) is 1. The second-order valence-electron chi connectivity index (χ2n) is 13.5. The van der Waals surface area contributed by atoms with Gasteiger partial charge in [-0.15, -0.1) is 0 Å². The lowest BCUT2D eigenvalue weighted by molar-refractivity contribution is -0.732. The Labute approximate surface area is 285 Å². The van der Waals surface area contributed by atoms with E-state index in [4.69, 9.17) is 4.74 Å². The van der Waals surface area contributed by atoms with E-state index < -0.39 is 0 Å². The molecule has 0 aliphatic carbocycles. The quantitative estimate of drug-likeness (QED) is 0.0575. The van der Waals surface area contributed by atoms with Gasteiger partial charge in [-0.25, -0.2) is 4.57 Å². The minimum absolute atomic E-state index is 0.680. The highest BCUT2D eigenvalue weighted by Gasteiger charge is 2.03. The summed E-state index contributed by atoms with van der Waals surface area (Å²) in [5.41, 5.74) is 0. The van der Waals surface area contributed by atoms with Gasteiger partial charge >= 0.3 is 0 Å². The normalized spacial score (nSPS) is 11.1. The molecule has 2 heterocycles. The Morgan fingerprint density at radius 3 is 1.39 bits per heavy atom. The lowest BCUT2D eigenvalue weighted by atomic mass is 10.0. The summed E-state index contributed by atoms with van der Waals surface area (Å²) in [5, 5.41) is 2.68. The van der Waals surface area contributed by atoms with Gasteiger partial charge < -0.3 is 4.74 Å². The summed E-state index contributed by atoms with van der Waals surface area (Å²) in [6.45, 7) is 7.30. The van der Waals surface area contributed by atoms with Crippen LogP contribution in [0.2, 0.25) is 0 Å². The van der Waals surface area contributed by atoms with Crippen LogP contribution in [0.4, 0.5) is 0 Å². The van der Waals surface area contributed by atoms with Gasteiger partial charge in [-0.05, 0) is 24.3 Å². The van der Waals surface area contributed by atoms with Crippen molar-refractivity contribution in [2.45, 2.75) is 181 Å². The molecule has 0 fully saturated rings. The number of hydrogen-bond acceptors (Lipinski definition) is 1. The van der Waals surface area contributed by atoms with Crippen molar-refractivity contribution in [1.29, 1.82) is 0 Å². The third-order valence-corrected chi connectivity index (χ3v) is 9.18. The van der Waals surface area contributed by atoms with Crippen LogP contribution in [-0.2, 0) is 18.0 Å². The number of aryl methyl sites for hydroxylation is 1. The summed E-state index contributed by atoms with van der Waals surface area (Å²) in [6.07, 6.45) is 42.3. The molecular formula is C43H72N2O+2. The predicted octanol–water partition coefficient (Wildman–Crippen LogP) is 12.5. The molecule has 0 atom stereocenters. The van der Waals surface area contributed by atoms with Gasteiger partial charge in [0.2, 0.25) is 0 Å². The molecule has 2 aromatic heterocycles. The molecule has 1 aromatic carbocycles. The number of pyridine rings is 2. The Balaban J connectivity index is 0.000000321. The van der Waals surface area contributed by atoms with Crippen LogP contribution < -0.4 is 9.13 Å². The molecule has 0 radical (unpaired) electrons. The molecule has 0 bridgehead atoms. The molecule has 3 nitrogen and oxygen atoms in total. The van der Waals surface area contributed by atoms with E-state index in [1.807, 2.05) is 30.6 Å². The molecule has 258 valence electrons. The summed E-state index contributed by atoms with van der Waals surface area (Å²) in [4.78, 5) is 0. The van der Waals surface area contributed by atoms with Crippen LogP contribution in [-0.4, -0.2) is 6.61 Å². The minimum Gasteiger partial charge on any atom is -0.323 e. The SMILES string of the molecule is CCCCCCCCCCCCCCCCOC[n+]1ccccc1.CCCCCCCCCCCC[n+]1ccc2ccccc2c1. The van der Waals surface area contributed by atoms with Crippen LogP contribution in [0, 0.1) is 0 Å². The highest BCUT2D eigenvalue weighted by atomic mass is 16.5. The van der Waals surface area contributed by atoms with Crippen molar-refractivity contribution in [3.05, 3.63) is 73.3 Å². The maximum atomic E-state index is 5.69. The summed E-state index contributed by atoms with van der Waals surface area (Å²) in [7, 11) is 0. The van der Waals surface area contributed by atoms with E-state index in [1.54, 1.807) is 0 Å². The zero-order chi connectivity index (χ0) is 32.6. The predicted molar refractivity (Wildman–Crippen MR) is 199 cm³/mol. The average Bonchev–Trinajstić information content (AvgIpc) is 3.09. The maximum absolute atomic E-state index is 5.69. The van der Waals surface area contributed by atoms with Crippen LogP contribution in [0.15, 0.2) is 73.3 Å². The summed E-state index contributed by atoms with van der Waals surface area (Å²) >= 11 is 0. The first-order valence-corrected chi connectivity index (χ1v) is 19.7. The average molecular weight is 633 g/mol. The minimum atomic E-state index is 0.680. The molecular weight excluding hydrogens is 560 g/mol. The van der Waals surface area contributed by atoms with E-state index in [9.17, 15) is 0 Å². The van der Waals surface area contributed by atoms with E-state index in [1.165, 1.54) is 165 Å². The highest BCUT2D eigenvalue weighted by Crippen LogP contribution is 2.14. The van der Waals surface area contributed by atoms with Crippen LogP contribution in [0.1, 0.15) is 168 Å². The van der Waals surface area contributed by atoms with Crippen molar-refractivity contribution in [2.75, 3.05) is 6.61 Å². The van der Waals surface area contributed by atoms with E-state index in [0.29, 0.717) is 6.73 Å². The molecule has 0 spiro atoms. The van der Waals surface area contributed by atoms with Gasteiger partial charge in [0.25, 0.3) is 6.73 Å². The van der Waals surface area contributed by atoms with E-state index in [-0.39, 0.29) is 0 Å². The van der Waals surface area contributed by atoms with Gasteiger partial charge in [0.1, 0.15) is 6.54 Å². The van der Waals surface area contributed by atoms with Crippen molar-refractivity contribution in [2.24, 2.45) is 0 Å². The Bertz CT molecular complexity index is 1050. The molecule has 3 heteroatoms. The number of rotatable bonds is 28. The molecule has 0 saturated carbocycles. The Kier molecular flexibility index (Phi) is 26.1. The van der Waals surface area contributed by atoms with Crippen molar-refractivity contribution in [3.63, 3.8) is 0 Å². The van der Waals surface area contributed by atoms with Gasteiger partial charge in [-0.3, -0.25) is 0 Å². The smallest absolute Gasteiger partial charge is 0.252 e. The first-order valence-electron chi connectivity index (χ1n) is 19.7. The van der Waals surface area contributed by atoms with Gasteiger partial charge in [0.05, 0.1) is 6.61 Å². The fourth-order valence-electron chi connectivity index (χ4n) is 6.19. The molecule has 0 N–H and O–H groups in total. The summed E-state index contributed by atoms with van der Waals surface area (Å²) in [5.74, 6) is 0. The van der Waals surface area contributed by atoms with Crippen molar-refractivity contribution >= 4 is 10.8 Å². The fourth-order valence-corrected chi connectivity index (χ4v) is 6.19. The molecule has 46 heavy (non-hydrogen) atoms. The van der Waals surface area contributed by atoms with Gasteiger partial charge in [-0.1, -0.05) is 173 Å². The molecule has 0 aliphatic rings. The van der Waals surface area contributed by atoms with Crippen molar-refractivity contribution in [1.82, 2.24) is 0 Å². The van der Waals surface area contributed by atoms with E-state index in [2.05, 4.69) is 65.7 Å². The fraction of sp³-hybridized carbons (Fsp3) is 0.674. The Hall–Kier alpha value is -2.26. The lowest BCUT2D eigenvalue weighted by Crippen LogP contribution is -2.33. The number of fused-ring (bicyclic) bond motifs is 1. The zero-order valence-electron chi connectivity index (χ0n) is 30.3. The maximum Gasteiger partial charge on any atom is 0.252 e. The van der Waals surface area contributed by atoms with Gasteiger partial charge in [0.15, 0.2) is 24.8 Å². The van der Waals surface area contributed by atoms with Gasteiger partial charge in [-0.2, -0.15) is 4.57 Å². The summed E-state index contributed by atoms with van der Waals surface area (Å²) < 4.78 is 10.1. The molecule has 3 rings (SSSR count). The standard InChI is InChI=1S/C22H40NO.C21H32N/c1-2-3-4-5-6-7-8-9-10-11-12-13-14-18-21-24-22-23-19-16-15-17-20-23;1-2-3-4-5-6-7-8-9-10-13-17-22-18-16-20-14-11-12-15-21(20)19-22/h15-17,19-20H,2-14,18,21-22H2,1H3;11-12,14-16,18-19H,2-10,13,17H2,1H3/q2*+1. The van der Waals surface area contributed by atoms with E-state index >= 15 is 0 Å². The third-order valence-electron chi connectivity index (χ3n) is 9.18. The molecule has 0 unspecified atom stereocenters. The van der Waals surface area contributed by atoms with Crippen molar-refractivity contribution < 1.29 is 13.9 Å².